The summed E-state index contributed by atoms with van der Waals surface area (Å²) < 4.78 is 10.5. The van der Waals surface area contributed by atoms with Crippen LogP contribution in [0.3, 0.4) is 0 Å². The molecule has 0 aromatic carbocycles. The quantitative estimate of drug-likeness (QED) is 0.0513. The van der Waals surface area contributed by atoms with Gasteiger partial charge in [-0.25, -0.2) is 0 Å². The fourth-order valence-electron chi connectivity index (χ4n) is 4.48. The number of unbranched alkanes of at least 4 members (excludes halogenated alkanes) is 14. The predicted molar refractivity (Wildman–Crippen MR) is 177 cm³/mol. The van der Waals surface area contributed by atoms with Gasteiger partial charge >= 0.3 is 11.9 Å². The summed E-state index contributed by atoms with van der Waals surface area (Å²) in [5, 5.41) is 9.48. The monoisotopic (exact) mass is 588 g/mol. The highest BCUT2D eigenvalue weighted by molar-refractivity contribution is 5.70. The Labute approximate surface area is 258 Å². The van der Waals surface area contributed by atoms with Crippen LogP contribution in [0.15, 0.2) is 48.6 Å². The molecule has 242 valence electrons. The van der Waals surface area contributed by atoms with E-state index in [0.29, 0.717) is 12.8 Å². The van der Waals surface area contributed by atoms with Gasteiger partial charge in [-0.15, -0.1) is 0 Å². The van der Waals surface area contributed by atoms with Crippen molar-refractivity contribution in [3.8, 4) is 0 Å². The van der Waals surface area contributed by atoms with Gasteiger partial charge in [0.05, 0.1) is 6.61 Å². The fraction of sp³-hybridized carbons (Fsp3) is 0.730. The van der Waals surface area contributed by atoms with E-state index in [4.69, 9.17) is 9.47 Å². The van der Waals surface area contributed by atoms with Crippen molar-refractivity contribution >= 4 is 11.9 Å². The van der Waals surface area contributed by atoms with Crippen LogP contribution in [0.4, 0.5) is 0 Å². The van der Waals surface area contributed by atoms with Crippen molar-refractivity contribution in [2.75, 3.05) is 13.2 Å². The highest BCUT2D eigenvalue weighted by Gasteiger charge is 2.16. The molecule has 0 aliphatic carbocycles. The number of esters is 2. The van der Waals surface area contributed by atoms with Gasteiger partial charge in [0, 0.05) is 12.8 Å². The largest absolute Gasteiger partial charge is 0.462 e. The first kappa shape index (κ1) is 39.9. The lowest BCUT2D eigenvalue weighted by Crippen LogP contribution is -2.28. The van der Waals surface area contributed by atoms with E-state index in [1.54, 1.807) is 0 Å². The first-order valence-electron chi connectivity index (χ1n) is 17.2. The number of hydrogen-bond donors (Lipinski definition) is 1. The Bertz CT molecular complexity index is 722. The maximum absolute atomic E-state index is 12.0. The zero-order valence-corrected chi connectivity index (χ0v) is 27.2. The molecule has 0 radical (unpaired) electrons. The summed E-state index contributed by atoms with van der Waals surface area (Å²) in [4.78, 5) is 24.0. The number of allylic oxidation sites excluding steroid dienone is 8. The molecule has 0 fully saturated rings. The Balaban J connectivity index is 3.67. The summed E-state index contributed by atoms with van der Waals surface area (Å²) in [5.74, 6) is -0.633. The second-order valence-electron chi connectivity index (χ2n) is 11.2. The molecule has 5 nitrogen and oxygen atoms in total. The minimum Gasteiger partial charge on any atom is -0.462 e. The molecule has 0 rings (SSSR count). The normalized spacial score (nSPS) is 12.7. The molecule has 0 aromatic heterocycles. The molecule has 0 amide bonds. The van der Waals surface area contributed by atoms with Crippen LogP contribution in [-0.4, -0.2) is 36.4 Å². The molecule has 0 aromatic rings. The Morgan fingerprint density at radius 3 is 1.48 bits per heavy atom. The van der Waals surface area contributed by atoms with Crippen LogP contribution >= 0.6 is 0 Å². The van der Waals surface area contributed by atoms with E-state index >= 15 is 0 Å². The standard InChI is InChI=1S/C37H64O5/c1-3-5-7-9-11-13-14-15-16-17-18-19-20-21-22-24-25-27-29-31-36(39)41-34-35(33-38)42-37(40)32-30-28-26-23-12-10-8-6-4-2/h11,13,15-16,18-19,21-22,35,38H,3-10,12,14,17,20,23-34H2,1-2H3/b13-11+,16-15+,19-18+,22-21+/t35-/m0/s1. The van der Waals surface area contributed by atoms with Gasteiger partial charge in [0.15, 0.2) is 6.10 Å². The van der Waals surface area contributed by atoms with E-state index in [9.17, 15) is 14.7 Å². The van der Waals surface area contributed by atoms with Crippen molar-refractivity contribution in [1.82, 2.24) is 0 Å². The third-order valence-electron chi connectivity index (χ3n) is 7.13. The second-order valence-corrected chi connectivity index (χ2v) is 11.2. The van der Waals surface area contributed by atoms with Crippen LogP contribution in [0.1, 0.15) is 155 Å². The Kier molecular flexibility index (Phi) is 31.7. The van der Waals surface area contributed by atoms with E-state index in [-0.39, 0.29) is 25.2 Å². The van der Waals surface area contributed by atoms with E-state index in [1.807, 2.05) is 0 Å². The van der Waals surface area contributed by atoms with Crippen molar-refractivity contribution in [1.29, 1.82) is 0 Å². The first-order chi connectivity index (χ1) is 20.6. The van der Waals surface area contributed by atoms with Gasteiger partial charge in [-0.2, -0.15) is 0 Å². The molecule has 0 aliphatic heterocycles. The molecular weight excluding hydrogens is 524 g/mol. The second kappa shape index (κ2) is 33.4. The summed E-state index contributed by atoms with van der Waals surface area (Å²) >= 11 is 0. The SMILES string of the molecule is CCCCC/C=C/C/C=C/C/C=C/C/C=C/CCCCCC(=O)OC[C@H](CO)OC(=O)CCCCCCCCCCC. The molecule has 42 heavy (non-hydrogen) atoms. The van der Waals surface area contributed by atoms with E-state index in [2.05, 4.69) is 62.5 Å². The average Bonchev–Trinajstić information content (AvgIpc) is 2.99. The lowest BCUT2D eigenvalue weighted by atomic mass is 10.1. The van der Waals surface area contributed by atoms with E-state index < -0.39 is 6.10 Å². The topological polar surface area (TPSA) is 72.8 Å². The fourth-order valence-corrected chi connectivity index (χ4v) is 4.48. The summed E-state index contributed by atoms with van der Waals surface area (Å²) in [5.41, 5.74) is 0. The molecule has 1 N–H and O–H groups in total. The molecule has 0 bridgehead atoms. The number of aliphatic hydroxyl groups is 1. The lowest BCUT2D eigenvalue weighted by Gasteiger charge is -2.15. The van der Waals surface area contributed by atoms with Crippen LogP contribution in [0, 0.1) is 0 Å². The maximum Gasteiger partial charge on any atom is 0.306 e. The Morgan fingerprint density at radius 2 is 0.952 bits per heavy atom. The summed E-state index contributed by atoms with van der Waals surface area (Å²) in [7, 11) is 0. The molecule has 5 heteroatoms. The number of hydrogen-bond acceptors (Lipinski definition) is 5. The van der Waals surface area contributed by atoms with Gasteiger partial charge < -0.3 is 14.6 Å². The number of carbonyl (C=O) groups is 2. The summed E-state index contributed by atoms with van der Waals surface area (Å²) in [6, 6.07) is 0. The van der Waals surface area contributed by atoms with Gasteiger partial charge in [-0.1, -0.05) is 133 Å². The number of ether oxygens (including phenoxy) is 2. The number of carbonyl (C=O) groups excluding carboxylic acids is 2. The molecule has 0 saturated carbocycles. The van der Waals surface area contributed by atoms with Crippen molar-refractivity contribution in [3.05, 3.63) is 48.6 Å². The molecule has 0 unspecified atom stereocenters. The Morgan fingerprint density at radius 1 is 0.548 bits per heavy atom. The van der Waals surface area contributed by atoms with Crippen molar-refractivity contribution in [3.63, 3.8) is 0 Å². The first-order valence-corrected chi connectivity index (χ1v) is 17.2. The molecule has 0 saturated heterocycles. The summed E-state index contributed by atoms with van der Waals surface area (Å²) in [6.45, 7) is 4.04. The minimum absolute atomic E-state index is 0.0823. The van der Waals surface area contributed by atoms with Crippen LogP contribution in [0.2, 0.25) is 0 Å². The molecule has 0 aliphatic rings. The molecular formula is C37H64O5. The van der Waals surface area contributed by atoms with Crippen molar-refractivity contribution < 1.29 is 24.2 Å². The third kappa shape index (κ3) is 30.8. The van der Waals surface area contributed by atoms with Gasteiger partial charge in [-0.3, -0.25) is 9.59 Å². The zero-order valence-electron chi connectivity index (χ0n) is 27.2. The molecule has 1 atom stereocenters. The van der Waals surface area contributed by atoms with Gasteiger partial charge in [0.1, 0.15) is 6.61 Å². The average molecular weight is 589 g/mol. The van der Waals surface area contributed by atoms with Crippen molar-refractivity contribution in [2.24, 2.45) is 0 Å². The number of rotatable bonds is 30. The van der Waals surface area contributed by atoms with Crippen LogP contribution in [0.5, 0.6) is 0 Å². The van der Waals surface area contributed by atoms with E-state index in [0.717, 1.165) is 64.2 Å². The van der Waals surface area contributed by atoms with Crippen LogP contribution in [0.25, 0.3) is 0 Å². The van der Waals surface area contributed by atoms with Crippen molar-refractivity contribution in [2.45, 2.75) is 161 Å². The number of aliphatic hydroxyl groups excluding tert-OH is 1. The minimum atomic E-state index is -0.780. The van der Waals surface area contributed by atoms with Gasteiger partial charge in [0.2, 0.25) is 0 Å². The molecule has 0 spiro atoms. The maximum atomic E-state index is 12.0. The third-order valence-corrected chi connectivity index (χ3v) is 7.13. The van der Waals surface area contributed by atoms with Gasteiger partial charge in [0.25, 0.3) is 0 Å². The highest BCUT2D eigenvalue weighted by atomic mass is 16.6. The zero-order chi connectivity index (χ0) is 30.8. The van der Waals surface area contributed by atoms with Crippen LogP contribution in [-0.2, 0) is 19.1 Å². The Hall–Kier alpha value is -2.14. The smallest absolute Gasteiger partial charge is 0.306 e. The van der Waals surface area contributed by atoms with E-state index in [1.165, 1.54) is 64.2 Å². The highest BCUT2D eigenvalue weighted by Crippen LogP contribution is 2.12. The van der Waals surface area contributed by atoms with Crippen LogP contribution < -0.4 is 0 Å². The van der Waals surface area contributed by atoms with Gasteiger partial charge in [-0.05, 0) is 57.8 Å². The lowest BCUT2D eigenvalue weighted by molar-refractivity contribution is -0.161. The predicted octanol–water partition coefficient (Wildman–Crippen LogP) is 10.3. The molecule has 0 heterocycles. The summed E-state index contributed by atoms with van der Waals surface area (Å²) in [6.07, 6.45) is 40.2.